The van der Waals surface area contributed by atoms with E-state index < -0.39 is 0 Å². The third-order valence-corrected chi connectivity index (χ3v) is 4.06. The number of anilines is 1. The largest absolute Gasteiger partial charge is 0.393 e. The third-order valence-electron chi connectivity index (χ3n) is 3.23. The molecule has 0 saturated heterocycles. The lowest BCUT2D eigenvalue weighted by molar-refractivity contribution is -0.117. The monoisotopic (exact) mass is 279 g/mol. The Bertz CT molecular complexity index is 488. The van der Waals surface area contributed by atoms with Crippen LogP contribution in [0.15, 0.2) is 11.4 Å². The van der Waals surface area contributed by atoms with Crippen LogP contribution in [0.3, 0.4) is 0 Å². The number of aliphatic hydroxyl groups excluding tert-OH is 1. The Kier molecular flexibility index (Phi) is 4.53. The van der Waals surface area contributed by atoms with Gasteiger partial charge in [-0.25, -0.2) is 0 Å². The van der Waals surface area contributed by atoms with Crippen LogP contribution in [0.4, 0.5) is 5.00 Å². The summed E-state index contributed by atoms with van der Waals surface area (Å²) in [6.45, 7) is 1.12. The van der Waals surface area contributed by atoms with Crippen LogP contribution in [0.1, 0.15) is 18.4 Å². The maximum atomic E-state index is 11.8. The van der Waals surface area contributed by atoms with Gasteiger partial charge in [-0.3, -0.25) is 9.69 Å². The number of carbonyl (C=O) groups excluding carboxylic acids is 1. The third kappa shape index (κ3) is 3.77. The van der Waals surface area contributed by atoms with Gasteiger partial charge in [-0.05, 0) is 37.3 Å². The molecule has 0 atom stereocenters. The number of nitriles is 1. The molecule has 0 radical (unpaired) electrons. The molecule has 1 aromatic heterocycles. The predicted octanol–water partition coefficient (Wildman–Crippen LogP) is 1.26. The smallest absolute Gasteiger partial charge is 0.239 e. The number of hydrogen-bond donors (Lipinski definition) is 2. The van der Waals surface area contributed by atoms with Crippen molar-refractivity contribution in [1.29, 1.82) is 5.26 Å². The van der Waals surface area contributed by atoms with E-state index in [1.165, 1.54) is 11.3 Å². The molecule has 102 valence electrons. The van der Waals surface area contributed by atoms with Gasteiger partial charge in [-0.2, -0.15) is 5.26 Å². The Hall–Kier alpha value is -1.42. The first kappa shape index (κ1) is 14.0. The zero-order valence-electron chi connectivity index (χ0n) is 10.8. The van der Waals surface area contributed by atoms with Crippen molar-refractivity contribution in [2.24, 2.45) is 5.92 Å². The normalized spacial score (nSPS) is 21.8. The molecule has 2 rings (SSSR count). The van der Waals surface area contributed by atoms with Crippen molar-refractivity contribution < 1.29 is 9.90 Å². The Morgan fingerprint density at radius 3 is 3.05 bits per heavy atom. The van der Waals surface area contributed by atoms with Crippen LogP contribution < -0.4 is 5.32 Å². The van der Waals surface area contributed by atoms with Gasteiger partial charge < -0.3 is 10.4 Å². The van der Waals surface area contributed by atoms with Crippen LogP contribution in [0.25, 0.3) is 0 Å². The molecular formula is C13H17N3O2S. The number of carbonyl (C=O) groups is 1. The van der Waals surface area contributed by atoms with Crippen LogP contribution in [0.2, 0.25) is 0 Å². The number of nitrogens with one attached hydrogen (secondary N) is 1. The molecule has 1 heterocycles. The average Bonchev–Trinajstić information content (AvgIpc) is 2.73. The highest BCUT2D eigenvalue weighted by atomic mass is 32.1. The zero-order valence-corrected chi connectivity index (χ0v) is 11.6. The maximum Gasteiger partial charge on any atom is 0.239 e. The summed E-state index contributed by atoms with van der Waals surface area (Å²) in [5, 5.41) is 23.2. The van der Waals surface area contributed by atoms with Gasteiger partial charge in [0.1, 0.15) is 11.1 Å². The van der Waals surface area contributed by atoms with Gasteiger partial charge in [-0.1, -0.05) is 0 Å². The summed E-state index contributed by atoms with van der Waals surface area (Å²) in [5.74, 6) is 0.380. The second-order valence-corrected chi connectivity index (χ2v) is 5.93. The molecule has 0 unspecified atom stereocenters. The SMILES string of the molecule is CN(CC(=O)Nc1sccc1C#N)CC1CC(O)C1. The van der Waals surface area contributed by atoms with E-state index in [0.717, 1.165) is 19.4 Å². The molecular weight excluding hydrogens is 262 g/mol. The van der Waals surface area contributed by atoms with Gasteiger partial charge in [0.25, 0.3) is 0 Å². The number of nitrogens with zero attached hydrogens (tertiary/aromatic N) is 2. The highest BCUT2D eigenvalue weighted by Gasteiger charge is 2.28. The molecule has 19 heavy (non-hydrogen) atoms. The van der Waals surface area contributed by atoms with Gasteiger partial charge in [0, 0.05) is 6.54 Å². The molecule has 1 aliphatic carbocycles. The lowest BCUT2D eigenvalue weighted by Crippen LogP contribution is -2.39. The summed E-state index contributed by atoms with van der Waals surface area (Å²) in [7, 11) is 1.89. The second-order valence-electron chi connectivity index (χ2n) is 5.01. The molecule has 1 aliphatic rings. The Labute approximate surface area is 116 Å². The van der Waals surface area contributed by atoms with Crippen LogP contribution >= 0.6 is 11.3 Å². The lowest BCUT2D eigenvalue weighted by Gasteiger charge is -2.34. The summed E-state index contributed by atoms with van der Waals surface area (Å²) in [6.07, 6.45) is 1.50. The van der Waals surface area contributed by atoms with E-state index >= 15 is 0 Å². The maximum absolute atomic E-state index is 11.8. The second kappa shape index (κ2) is 6.15. The number of amides is 1. The molecule has 0 spiro atoms. The molecule has 0 aromatic carbocycles. The van der Waals surface area contributed by atoms with E-state index in [0.29, 0.717) is 23.0 Å². The summed E-state index contributed by atoms with van der Waals surface area (Å²) in [6, 6.07) is 3.74. The van der Waals surface area contributed by atoms with Gasteiger partial charge in [0.05, 0.1) is 18.2 Å². The number of likely N-dealkylation sites (N-methyl/N-ethyl adjacent to an activating group) is 1. The highest BCUT2D eigenvalue weighted by molar-refractivity contribution is 7.14. The van der Waals surface area contributed by atoms with Crippen molar-refractivity contribution >= 4 is 22.2 Å². The minimum Gasteiger partial charge on any atom is -0.393 e. The summed E-state index contributed by atoms with van der Waals surface area (Å²) in [4.78, 5) is 13.8. The minimum absolute atomic E-state index is 0.110. The van der Waals surface area contributed by atoms with Crippen LogP contribution in [0.5, 0.6) is 0 Å². The van der Waals surface area contributed by atoms with E-state index in [4.69, 9.17) is 5.26 Å². The molecule has 1 saturated carbocycles. The topological polar surface area (TPSA) is 76.4 Å². The van der Waals surface area contributed by atoms with E-state index in [-0.39, 0.29) is 12.0 Å². The molecule has 2 N–H and O–H groups in total. The summed E-state index contributed by atoms with van der Waals surface area (Å²) in [5.41, 5.74) is 0.503. The summed E-state index contributed by atoms with van der Waals surface area (Å²) < 4.78 is 0. The van der Waals surface area contributed by atoms with Gasteiger partial charge in [-0.15, -0.1) is 11.3 Å². The number of thiophene rings is 1. The Balaban J connectivity index is 1.76. The van der Waals surface area contributed by atoms with Crippen molar-refractivity contribution in [2.75, 3.05) is 25.5 Å². The predicted molar refractivity (Wildman–Crippen MR) is 73.9 cm³/mol. The van der Waals surface area contributed by atoms with Crippen molar-refractivity contribution in [3.8, 4) is 6.07 Å². The molecule has 1 amide bonds. The Morgan fingerprint density at radius 1 is 1.68 bits per heavy atom. The first-order valence-electron chi connectivity index (χ1n) is 6.22. The molecule has 6 heteroatoms. The fraction of sp³-hybridized carbons (Fsp3) is 0.538. The first-order chi connectivity index (χ1) is 9.08. The van der Waals surface area contributed by atoms with E-state index in [9.17, 15) is 9.90 Å². The van der Waals surface area contributed by atoms with Crippen molar-refractivity contribution in [1.82, 2.24) is 4.90 Å². The Morgan fingerprint density at radius 2 is 2.42 bits per heavy atom. The van der Waals surface area contributed by atoms with Gasteiger partial charge >= 0.3 is 0 Å². The van der Waals surface area contributed by atoms with Crippen LogP contribution in [-0.2, 0) is 4.79 Å². The average molecular weight is 279 g/mol. The molecule has 1 fully saturated rings. The molecule has 1 aromatic rings. The molecule has 0 aliphatic heterocycles. The summed E-state index contributed by atoms with van der Waals surface area (Å²) >= 11 is 1.35. The van der Waals surface area contributed by atoms with E-state index in [1.54, 1.807) is 11.4 Å². The number of aliphatic hydroxyl groups is 1. The molecule has 5 nitrogen and oxygen atoms in total. The highest BCUT2D eigenvalue weighted by Crippen LogP contribution is 2.27. The van der Waals surface area contributed by atoms with Crippen molar-refractivity contribution in [3.05, 3.63) is 17.0 Å². The van der Waals surface area contributed by atoms with Crippen LogP contribution in [0, 0.1) is 17.2 Å². The zero-order chi connectivity index (χ0) is 13.8. The van der Waals surface area contributed by atoms with Crippen molar-refractivity contribution in [3.63, 3.8) is 0 Å². The van der Waals surface area contributed by atoms with Crippen LogP contribution in [-0.4, -0.2) is 42.2 Å². The number of hydrogen-bond acceptors (Lipinski definition) is 5. The van der Waals surface area contributed by atoms with E-state index in [2.05, 4.69) is 5.32 Å². The van der Waals surface area contributed by atoms with E-state index in [1.807, 2.05) is 18.0 Å². The lowest BCUT2D eigenvalue weighted by atomic mass is 9.82. The molecule has 0 bridgehead atoms. The fourth-order valence-electron chi connectivity index (χ4n) is 2.26. The van der Waals surface area contributed by atoms with Crippen molar-refractivity contribution in [2.45, 2.75) is 18.9 Å². The first-order valence-corrected chi connectivity index (χ1v) is 7.10. The minimum atomic E-state index is -0.156. The van der Waals surface area contributed by atoms with Gasteiger partial charge in [0.2, 0.25) is 5.91 Å². The standard InChI is InChI=1S/C13H17N3O2S/c1-16(7-9-4-11(17)5-9)8-12(18)15-13-10(6-14)2-3-19-13/h2-3,9,11,17H,4-5,7-8H2,1H3,(H,15,18). The van der Waals surface area contributed by atoms with Gasteiger partial charge in [0.15, 0.2) is 0 Å². The fourth-order valence-corrected chi connectivity index (χ4v) is 3.01. The quantitative estimate of drug-likeness (QED) is 0.851. The number of rotatable bonds is 5.